The topological polar surface area (TPSA) is 128 Å². The molecule has 25 heavy (non-hydrogen) atoms. The Morgan fingerprint density at radius 3 is 2.64 bits per heavy atom. The van der Waals surface area contributed by atoms with Gasteiger partial charge in [0, 0.05) is 13.7 Å². The quantitative estimate of drug-likeness (QED) is 0.355. The Morgan fingerprint density at radius 2 is 2.04 bits per heavy atom. The highest BCUT2D eigenvalue weighted by Gasteiger charge is 2.36. The molecule has 0 spiro atoms. The Bertz CT molecular complexity index is 507. The number of allylic oxidation sites excluding steroid dienone is 2. The number of amides is 2. The number of aliphatic hydroxyl groups is 3. The minimum Gasteiger partial charge on any atom is -0.387 e. The van der Waals surface area contributed by atoms with Gasteiger partial charge in [-0.3, -0.25) is 9.59 Å². The van der Waals surface area contributed by atoms with Crippen LogP contribution in [0.15, 0.2) is 24.3 Å². The van der Waals surface area contributed by atoms with E-state index in [1.54, 1.807) is 6.92 Å². The average molecular weight is 356 g/mol. The van der Waals surface area contributed by atoms with Crippen molar-refractivity contribution < 1.29 is 29.6 Å². The van der Waals surface area contributed by atoms with Gasteiger partial charge in [0.15, 0.2) is 6.10 Å². The zero-order valence-electron chi connectivity index (χ0n) is 14.6. The van der Waals surface area contributed by atoms with Crippen molar-refractivity contribution in [3.63, 3.8) is 0 Å². The van der Waals surface area contributed by atoms with Crippen molar-refractivity contribution in [3.05, 3.63) is 24.3 Å². The number of nitrogens with one attached hydrogen (secondary N) is 2. The summed E-state index contributed by atoms with van der Waals surface area (Å²) in [7, 11) is 1.20. The number of ether oxygens (including phenoxy) is 1. The Balaban J connectivity index is 2.72. The van der Waals surface area contributed by atoms with E-state index < -0.39 is 36.4 Å². The molecule has 0 bridgehead atoms. The first-order chi connectivity index (χ1) is 11.8. The van der Waals surface area contributed by atoms with Crippen molar-refractivity contribution in [2.24, 2.45) is 0 Å². The van der Waals surface area contributed by atoms with E-state index in [9.17, 15) is 24.9 Å². The van der Waals surface area contributed by atoms with Crippen molar-refractivity contribution in [3.8, 4) is 0 Å². The molecule has 1 heterocycles. The summed E-state index contributed by atoms with van der Waals surface area (Å²) >= 11 is 0. The molecule has 142 valence electrons. The molecule has 0 unspecified atom stereocenters. The molecule has 1 aliphatic heterocycles. The molecule has 0 saturated carbocycles. The molecule has 8 heteroatoms. The van der Waals surface area contributed by atoms with Gasteiger partial charge in [-0.1, -0.05) is 24.3 Å². The molecule has 2 amide bonds. The second kappa shape index (κ2) is 10.3. The summed E-state index contributed by atoms with van der Waals surface area (Å²) in [6.45, 7) is 5.88. The van der Waals surface area contributed by atoms with E-state index in [1.165, 1.54) is 19.3 Å². The lowest BCUT2D eigenvalue weighted by Crippen LogP contribution is -2.55. The van der Waals surface area contributed by atoms with Crippen LogP contribution in [0.2, 0.25) is 0 Å². The van der Waals surface area contributed by atoms with Crippen LogP contribution < -0.4 is 10.6 Å². The lowest BCUT2D eigenvalue weighted by molar-refractivity contribution is -0.150. The molecule has 1 fully saturated rings. The second-order valence-electron chi connectivity index (χ2n) is 6.18. The number of aliphatic hydroxyl groups excluding tert-OH is 3. The summed E-state index contributed by atoms with van der Waals surface area (Å²) in [6.07, 6.45) is -1.32. The summed E-state index contributed by atoms with van der Waals surface area (Å²) in [5.74, 6) is -1.02. The minimum atomic E-state index is -1.68. The van der Waals surface area contributed by atoms with Gasteiger partial charge >= 0.3 is 0 Å². The molecule has 5 N–H and O–H groups in total. The third kappa shape index (κ3) is 6.58. The van der Waals surface area contributed by atoms with E-state index in [-0.39, 0.29) is 5.91 Å². The summed E-state index contributed by atoms with van der Waals surface area (Å²) in [4.78, 5) is 24.2. The van der Waals surface area contributed by atoms with Gasteiger partial charge in [0.05, 0.1) is 0 Å². The number of carbonyl (C=O) groups is 2. The molecule has 0 aromatic heterocycles. The van der Waals surface area contributed by atoms with Crippen LogP contribution in [0.4, 0.5) is 0 Å². The second-order valence-corrected chi connectivity index (χ2v) is 6.18. The van der Waals surface area contributed by atoms with E-state index in [1.807, 2.05) is 0 Å². The molecule has 0 aliphatic carbocycles. The van der Waals surface area contributed by atoms with E-state index in [4.69, 9.17) is 4.74 Å². The van der Waals surface area contributed by atoms with Crippen molar-refractivity contribution in [2.75, 3.05) is 13.7 Å². The highest BCUT2D eigenvalue weighted by Crippen LogP contribution is 2.12. The van der Waals surface area contributed by atoms with Gasteiger partial charge in [0.1, 0.15) is 24.4 Å². The standard InChI is InChI=1S/C17H28N2O6/c1-10(2)7-8-12(20)13(21)14(22)15(25-3)17(24)19-11-6-4-5-9-18-16(11)23/h7-8,11-15,20-22H,1,4-6,9H2,2-3H3,(H,18,23)(H,19,24)/b8-7+/t11-,12+,13-,14+,15+/m0/s1. The average Bonchev–Trinajstić information content (AvgIpc) is 2.77. The van der Waals surface area contributed by atoms with Crippen molar-refractivity contribution >= 4 is 11.8 Å². The third-order valence-electron chi connectivity index (χ3n) is 3.95. The molecular formula is C17H28N2O6. The Hall–Kier alpha value is -1.74. The van der Waals surface area contributed by atoms with Gasteiger partial charge in [-0.15, -0.1) is 0 Å². The fourth-order valence-corrected chi connectivity index (χ4v) is 2.49. The van der Waals surface area contributed by atoms with Gasteiger partial charge in [-0.2, -0.15) is 0 Å². The highest BCUT2D eigenvalue weighted by molar-refractivity contribution is 5.89. The third-order valence-corrected chi connectivity index (χ3v) is 3.95. The first-order valence-electron chi connectivity index (χ1n) is 8.26. The van der Waals surface area contributed by atoms with Gasteiger partial charge in [0.2, 0.25) is 5.91 Å². The smallest absolute Gasteiger partial charge is 0.252 e. The molecular weight excluding hydrogens is 328 g/mol. The Labute approximate surface area is 147 Å². The van der Waals surface area contributed by atoms with E-state index >= 15 is 0 Å². The molecule has 1 rings (SSSR count). The van der Waals surface area contributed by atoms with E-state index in [2.05, 4.69) is 17.2 Å². The maximum atomic E-state index is 12.3. The molecule has 8 nitrogen and oxygen atoms in total. The van der Waals surface area contributed by atoms with E-state index in [0.29, 0.717) is 18.5 Å². The van der Waals surface area contributed by atoms with Crippen LogP contribution in [-0.2, 0) is 14.3 Å². The minimum absolute atomic E-state index is 0.292. The van der Waals surface area contributed by atoms with Crippen LogP contribution >= 0.6 is 0 Å². The maximum Gasteiger partial charge on any atom is 0.252 e. The summed E-state index contributed by atoms with van der Waals surface area (Å²) < 4.78 is 4.97. The lowest BCUT2D eigenvalue weighted by Gasteiger charge is -2.28. The summed E-state index contributed by atoms with van der Waals surface area (Å²) in [5.41, 5.74) is 0.654. The molecule has 0 aromatic rings. The first-order valence-corrected chi connectivity index (χ1v) is 8.26. The largest absolute Gasteiger partial charge is 0.387 e. The number of hydrogen-bond donors (Lipinski definition) is 5. The van der Waals surface area contributed by atoms with Crippen LogP contribution in [0, 0.1) is 0 Å². The van der Waals surface area contributed by atoms with Crippen LogP contribution in [0.1, 0.15) is 26.2 Å². The van der Waals surface area contributed by atoms with Crippen LogP contribution in [0.5, 0.6) is 0 Å². The van der Waals surface area contributed by atoms with E-state index in [0.717, 1.165) is 12.8 Å². The summed E-state index contributed by atoms with van der Waals surface area (Å²) in [5, 5.41) is 35.3. The first kappa shape index (κ1) is 21.3. The normalized spacial score (nSPS) is 23.2. The predicted octanol–water partition coefficient (Wildman–Crippen LogP) is -0.999. The fraction of sp³-hybridized carbons (Fsp3) is 0.647. The molecule has 5 atom stereocenters. The zero-order valence-corrected chi connectivity index (χ0v) is 14.6. The maximum absolute atomic E-state index is 12.3. The van der Waals surface area contributed by atoms with Crippen molar-refractivity contribution in [2.45, 2.75) is 56.6 Å². The fourth-order valence-electron chi connectivity index (χ4n) is 2.49. The van der Waals surface area contributed by atoms with Crippen LogP contribution in [0.25, 0.3) is 0 Å². The van der Waals surface area contributed by atoms with Gasteiger partial charge in [0.25, 0.3) is 5.91 Å². The van der Waals surface area contributed by atoms with Crippen molar-refractivity contribution in [1.82, 2.24) is 10.6 Å². The number of rotatable bonds is 8. The van der Waals surface area contributed by atoms with Gasteiger partial charge in [-0.05, 0) is 26.2 Å². The summed E-state index contributed by atoms with van der Waals surface area (Å²) in [6, 6.07) is -0.717. The molecule has 0 radical (unpaired) electrons. The molecule has 1 saturated heterocycles. The highest BCUT2D eigenvalue weighted by atomic mass is 16.5. The Kier molecular flexibility index (Phi) is 8.77. The van der Waals surface area contributed by atoms with Crippen molar-refractivity contribution in [1.29, 1.82) is 0 Å². The number of methoxy groups -OCH3 is 1. The lowest BCUT2D eigenvalue weighted by atomic mass is 10.0. The van der Waals surface area contributed by atoms with Gasteiger partial charge in [-0.25, -0.2) is 0 Å². The van der Waals surface area contributed by atoms with Gasteiger partial charge < -0.3 is 30.7 Å². The zero-order chi connectivity index (χ0) is 19.0. The molecule has 0 aromatic carbocycles. The monoisotopic (exact) mass is 356 g/mol. The predicted molar refractivity (Wildman–Crippen MR) is 91.6 cm³/mol. The number of hydrogen-bond acceptors (Lipinski definition) is 6. The van der Waals surface area contributed by atoms with Crippen LogP contribution in [-0.4, -0.2) is 71.2 Å². The SMILES string of the molecule is C=C(C)/C=C/[C@@H](O)[C@H](O)[C@@H](O)[C@@H](OC)C(=O)N[C@H]1CCCCNC1=O. The molecule has 1 aliphatic rings. The Morgan fingerprint density at radius 1 is 1.36 bits per heavy atom. The van der Waals surface area contributed by atoms with Crippen LogP contribution in [0.3, 0.4) is 0 Å². The number of carbonyl (C=O) groups excluding carboxylic acids is 2.